The first-order valence-electron chi connectivity index (χ1n) is 4.79. The number of aromatic amines is 1. The Morgan fingerprint density at radius 1 is 1.27 bits per heavy atom. The Hall–Kier alpha value is -1.91. The van der Waals surface area contributed by atoms with Gasteiger partial charge < -0.3 is 5.32 Å². The van der Waals surface area contributed by atoms with Crippen LogP contribution in [0.1, 0.15) is 17.0 Å². The Bertz CT molecular complexity index is 431. The Morgan fingerprint density at radius 2 is 2.13 bits per heavy atom. The molecule has 0 atom stereocenters. The molecule has 5 nitrogen and oxygen atoms in total. The summed E-state index contributed by atoms with van der Waals surface area (Å²) in [6, 6.07) is 3.84. The molecule has 5 heteroatoms. The van der Waals surface area contributed by atoms with E-state index in [1.165, 1.54) is 0 Å². The molecule has 2 aromatic rings. The van der Waals surface area contributed by atoms with Gasteiger partial charge in [-0.25, -0.2) is 0 Å². The second-order valence-electron chi connectivity index (χ2n) is 3.45. The van der Waals surface area contributed by atoms with Crippen LogP contribution in [0.4, 0.5) is 5.82 Å². The van der Waals surface area contributed by atoms with E-state index in [0.29, 0.717) is 6.54 Å². The van der Waals surface area contributed by atoms with Crippen molar-refractivity contribution in [2.24, 2.45) is 0 Å². The first-order chi connectivity index (χ1) is 7.25. The third-order valence-corrected chi connectivity index (χ3v) is 2.18. The van der Waals surface area contributed by atoms with Gasteiger partial charge in [-0.3, -0.25) is 5.10 Å². The summed E-state index contributed by atoms with van der Waals surface area (Å²) in [4.78, 5) is 0. The van der Waals surface area contributed by atoms with Crippen molar-refractivity contribution in [2.75, 3.05) is 5.32 Å². The van der Waals surface area contributed by atoms with Gasteiger partial charge in [0.25, 0.3) is 0 Å². The molecule has 2 heterocycles. The molecule has 0 bridgehead atoms. The predicted octanol–water partition coefficient (Wildman–Crippen LogP) is 1.43. The third-order valence-electron chi connectivity index (χ3n) is 2.18. The molecule has 0 spiro atoms. The van der Waals surface area contributed by atoms with Crippen molar-refractivity contribution in [3.05, 3.63) is 35.3 Å². The lowest BCUT2D eigenvalue weighted by atomic mass is 10.3. The molecule has 15 heavy (non-hydrogen) atoms. The summed E-state index contributed by atoms with van der Waals surface area (Å²) < 4.78 is 0. The highest BCUT2D eigenvalue weighted by atomic mass is 15.2. The zero-order valence-corrected chi connectivity index (χ0v) is 8.78. The molecule has 2 aromatic heterocycles. The number of hydrogen-bond donors (Lipinski definition) is 2. The number of nitrogens with zero attached hydrogens (tertiary/aromatic N) is 3. The molecule has 0 radical (unpaired) electrons. The molecule has 0 amide bonds. The van der Waals surface area contributed by atoms with Crippen molar-refractivity contribution in [1.29, 1.82) is 0 Å². The number of anilines is 1. The highest BCUT2D eigenvalue weighted by Gasteiger charge is 2.00. The predicted molar refractivity (Wildman–Crippen MR) is 57.4 cm³/mol. The quantitative estimate of drug-likeness (QED) is 0.791. The number of hydrogen-bond acceptors (Lipinski definition) is 4. The van der Waals surface area contributed by atoms with Crippen LogP contribution in [0.5, 0.6) is 0 Å². The van der Waals surface area contributed by atoms with Gasteiger partial charge in [0.15, 0.2) is 0 Å². The second kappa shape index (κ2) is 4.08. The Kier molecular flexibility index (Phi) is 2.62. The van der Waals surface area contributed by atoms with E-state index in [9.17, 15) is 0 Å². The van der Waals surface area contributed by atoms with Crippen LogP contribution < -0.4 is 5.32 Å². The lowest BCUT2D eigenvalue weighted by Gasteiger charge is -2.03. The van der Waals surface area contributed by atoms with E-state index in [4.69, 9.17) is 0 Å². The maximum Gasteiger partial charge on any atom is 0.148 e. The minimum atomic E-state index is 0.684. The SMILES string of the molecule is Cc1ccc(NCc2[nH]ncc2C)nn1. The molecule has 2 N–H and O–H groups in total. The summed E-state index contributed by atoms with van der Waals surface area (Å²) in [5, 5.41) is 18.0. The monoisotopic (exact) mass is 203 g/mol. The van der Waals surface area contributed by atoms with Crippen LogP contribution in [0.2, 0.25) is 0 Å². The summed E-state index contributed by atoms with van der Waals surface area (Å²) >= 11 is 0. The topological polar surface area (TPSA) is 66.5 Å². The van der Waals surface area contributed by atoms with Gasteiger partial charge in [-0.05, 0) is 31.5 Å². The summed E-state index contributed by atoms with van der Waals surface area (Å²) in [6.07, 6.45) is 1.80. The molecule has 0 aliphatic rings. The van der Waals surface area contributed by atoms with Gasteiger partial charge in [0, 0.05) is 0 Å². The average molecular weight is 203 g/mol. The van der Waals surface area contributed by atoms with Gasteiger partial charge in [-0.1, -0.05) is 0 Å². The van der Waals surface area contributed by atoms with Crippen molar-refractivity contribution in [2.45, 2.75) is 20.4 Å². The van der Waals surface area contributed by atoms with Gasteiger partial charge in [0.05, 0.1) is 24.1 Å². The molecular weight excluding hydrogens is 190 g/mol. The largest absolute Gasteiger partial charge is 0.363 e. The van der Waals surface area contributed by atoms with E-state index in [1.807, 2.05) is 26.0 Å². The Labute approximate surface area is 87.9 Å². The number of aryl methyl sites for hydroxylation is 2. The van der Waals surface area contributed by atoms with Crippen LogP contribution in [0.3, 0.4) is 0 Å². The Morgan fingerprint density at radius 3 is 2.73 bits per heavy atom. The standard InChI is InChI=1S/C10H13N5/c1-7-5-12-14-9(7)6-11-10-4-3-8(2)13-15-10/h3-5H,6H2,1-2H3,(H,11,15)(H,12,14). The second-order valence-corrected chi connectivity index (χ2v) is 3.45. The van der Waals surface area contributed by atoms with Crippen LogP contribution in [-0.2, 0) is 6.54 Å². The van der Waals surface area contributed by atoms with Crippen molar-refractivity contribution in [3.63, 3.8) is 0 Å². The highest BCUT2D eigenvalue weighted by Crippen LogP contribution is 2.06. The fourth-order valence-electron chi connectivity index (χ4n) is 1.22. The van der Waals surface area contributed by atoms with Gasteiger partial charge >= 0.3 is 0 Å². The molecule has 0 unspecified atom stereocenters. The lowest BCUT2D eigenvalue weighted by Crippen LogP contribution is -2.03. The summed E-state index contributed by atoms with van der Waals surface area (Å²) in [7, 11) is 0. The molecule has 0 aliphatic carbocycles. The average Bonchev–Trinajstić information content (AvgIpc) is 2.63. The highest BCUT2D eigenvalue weighted by molar-refractivity contribution is 5.34. The molecule has 0 saturated carbocycles. The fourth-order valence-corrected chi connectivity index (χ4v) is 1.22. The van der Waals surface area contributed by atoms with E-state index in [-0.39, 0.29) is 0 Å². The smallest absolute Gasteiger partial charge is 0.148 e. The fraction of sp³-hybridized carbons (Fsp3) is 0.300. The van der Waals surface area contributed by atoms with E-state index in [2.05, 4.69) is 25.7 Å². The van der Waals surface area contributed by atoms with Gasteiger partial charge in [0.1, 0.15) is 5.82 Å². The van der Waals surface area contributed by atoms with Crippen LogP contribution >= 0.6 is 0 Å². The lowest BCUT2D eigenvalue weighted by molar-refractivity contribution is 0.934. The van der Waals surface area contributed by atoms with Crippen LogP contribution in [0.15, 0.2) is 18.3 Å². The summed E-state index contributed by atoms with van der Waals surface area (Å²) in [6.45, 7) is 4.61. The van der Waals surface area contributed by atoms with Gasteiger partial charge in [-0.2, -0.15) is 10.2 Å². The van der Waals surface area contributed by atoms with Gasteiger partial charge in [-0.15, -0.1) is 5.10 Å². The maximum atomic E-state index is 4.01. The van der Waals surface area contributed by atoms with E-state index in [1.54, 1.807) is 6.20 Å². The van der Waals surface area contributed by atoms with Crippen molar-refractivity contribution < 1.29 is 0 Å². The van der Waals surface area contributed by atoms with E-state index in [0.717, 1.165) is 22.8 Å². The molecular formula is C10H13N5. The van der Waals surface area contributed by atoms with Gasteiger partial charge in [0.2, 0.25) is 0 Å². The first kappa shape index (κ1) is 9.64. The zero-order chi connectivity index (χ0) is 10.7. The summed E-state index contributed by atoms with van der Waals surface area (Å²) in [5.41, 5.74) is 3.12. The molecule has 2 rings (SSSR count). The van der Waals surface area contributed by atoms with Crippen molar-refractivity contribution in [1.82, 2.24) is 20.4 Å². The summed E-state index contributed by atoms with van der Waals surface area (Å²) in [5.74, 6) is 0.773. The normalized spacial score (nSPS) is 10.3. The minimum Gasteiger partial charge on any atom is -0.363 e. The van der Waals surface area contributed by atoms with Crippen LogP contribution in [0.25, 0.3) is 0 Å². The third kappa shape index (κ3) is 2.31. The number of rotatable bonds is 3. The molecule has 0 aromatic carbocycles. The number of nitrogens with one attached hydrogen (secondary N) is 2. The zero-order valence-electron chi connectivity index (χ0n) is 8.78. The van der Waals surface area contributed by atoms with Crippen molar-refractivity contribution in [3.8, 4) is 0 Å². The van der Waals surface area contributed by atoms with Crippen molar-refractivity contribution >= 4 is 5.82 Å². The maximum absolute atomic E-state index is 4.01. The number of aromatic nitrogens is 4. The molecule has 78 valence electrons. The first-order valence-corrected chi connectivity index (χ1v) is 4.79. The van der Waals surface area contributed by atoms with Crippen LogP contribution in [-0.4, -0.2) is 20.4 Å². The number of H-pyrrole nitrogens is 1. The molecule has 0 aliphatic heterocycles. The van der Waals surface area contributed by atoms with Crippen LogP contribution in [0, 0.1) is 13.8 Å². The minimum absolute atomic E-state index is 0.684. The molecule has 0 saturated heterocycles. The molecule has 0 fully saturated rings. The van der Waals surface area contributed by atoms with E-state index >= 15 is 0 Å². The van der Waals surface area contributed by atoms with E-state index < -0.39 is 0 Å². The Balaban J connectivity index is 1.99.